The van der Waals surface area contributed by atoms with Gasteiger partial charge >= 0.3 is 0 Å². The molecule has 0 unspecified atom stereocenters. The molecule has 252 valence electrons. The molecule has 0 N–H and O–H groups in total. The Bertz CT molecular complexity index is 2780. The van der Waals surface area contributed by atoms with Crippen LogP contribution in [0, 0.1) is 0 Å². The molecule has 0 fully saturated rings. The van der Waals surface area contributed by atoms with Crippen molar-refractivity contribution < 1.29 is 8.83 Å². The second-order valence-electron chi connectivity index (χ2n) is 15.6. The summed E-state index contributed by atoms with van der Waals surface area (Å²) in [4.78, 5) is 5.41. The highest BCUT2D eigenvalue weighted by Gasteiger charge is 2.28. The van der Waals surface area contributed by atoms with Gasteiger partial charge in [-0.3, -0.25) is 4.57 Å². The molecule has 3 aromatic heterocycles. The molecule has 5 heteroatoms. The van der Waals surface area contributed by atoms with E-state index in [1.165, 1.54) is 38.3 Å². The average molecular weight is 683 g/mol. The van der Waals surface area contributed by atoms with E-state index in [1.54, 1.807) is 0 Å². The van der Waals surface area contributed by atoms with Gasteiger partial charge < -0.3 is 8.83 Å². The first-order valence-electron chi connectivity index (χ1n) is 18.1. The summed E-state index contributed by atoms with van der Waals surface area (Å²) in [7, 11) is -1.72. The lowest BCUT2D eigenvalue weighted by Gasteiger charge is -2.25. The summed E-state index contributed by atoms with van der Waals surface area (Å²) >= 11 is 0. The van der Waals surface area contributed by atoms with Crippen molar-refractivity contribution in [1.29, 1.82) is 0 Å². The van der Waals surface area contributed by atoms with E-state index in [0.29, 0.717) is 0 Å². The van der Waals surface area contributed by atoms with Gasteiger partial charge in [0, 0.05) is 21.5 Å². The fourth-order valence-corrected chi connectivity index (χ4v) is 9.53. The number of fused-ring (bicyclic) bond motifs is 7. The third-order valence-corrected chi connectivity index (χ3v) is 12.5. The van der Waals surface area contributed by atoms with Crippen molar-refractivity contribution >= 4 is 68.2 Å². The van der Waals surface area contributed by atoms with Crippen LogP contribution in [-0.2, 0) is 0 Å². The third kappa shape index (κ3) is 4.97. The second kappa shape index (κ2) is 11.6. The lowest BCUT2D eigenvalue weighted by Crippen LogP contribution is -2.38. The molecule has 0 aliphatic carbocycles. The first-order valence-corrected chi connectivity index (χ1v) is 21.6. The number of rotatable bonds is 6. The Hall–Kier alpha value is -5.39. The molecule has 3 heterocycles. The van der Waals surface area contributed by atoms with Crippen LogP contribution < -0.4 is 5.19 Å². The van der Waals surface area contributed by atoms with E-state index < -0.39 is 8.07 Å². The van der Waals surface area contributed by atoms with Gasteiger partial charge in [0.1, 0.15) is 28.2 Å². The molecule has 0 saturated carbocycles. The zero-order valence-corrected chi connectivity index (χ0v) is 31.3. The van der Waals surface area contributed by atoms with E-state index in [-0.39, 0.29) is 11.8 Å². The van der Waals surface area contributed by atoms with E-state index in [9.17, 15) is 0 Å². The van der Waals surface area contributed by atoms with Gasteiger partial charge in [-0.15, -0.1) is 0 Å². The molecule has 9 aromatic rings. The summed E-state index contributed by atoms with van der Waals surface area (Å²) < 4.78 is 15.6. The zero-order chi connectivity index (χ0) is 35.2. The van der Waals surface area contributed by atoms with Gasteiger partial charge in [-0.05, 0) is 93.9 Å². The molecule has 0 aliphatic heterocycles. The van der Waals surface area contributed by atoms with Crippen LogP contribution in [0.25, 0.3) is 83.1 Å². The molecule has 9 rings (SSSR count). The smallest absolute Gasteiger partial charge is 0.149 e. The SMILES string of the molecule is CC(C)c1cc(-c2ccc3c(c2)oc2ccccc23)cc(C(C)C)c1-n1c(-c2ccc([Si](C)(C)C)c3c2oc2ccccc23)nc2ccccc21. The van der Waals surface area contributed by atoms with E-state index in [4.69, 9.17) is 13.8 Å². The Morgan fingerprint density at radius 2 is 1.22 bits per heavy atom. The molecule has 51 heavy (non-hydrogen) atoms. The number of aromatic nitrogens is 2. The number of hydrogen-bond acceptors (Lipinski definition) is 3. The lowest BCUT2D eigenvalue weighted by molar-refractivity contribution is 0.669. The van der Waals surface area contributed by atoms with Gasteiger partial charge in [-0.1, -0.05) is 108 Å². The summed E-state index contributed by atoms with van der Waals surface area (Å²) in [6.07, 6.45) is 0. The predicted molar refractivity (Wildman–Crippen MR) is 218 cm³/mol. The lowest BCUT2D eigenvalue weighted by atomic mass is 9.88. The fraction of sp³-hybridized carbons (Fsp3) is 0.196. The monoisotopic (exact) mass is 682 g/mol. The van der Waals surface area contributed by atoms with Gasteiger partial charge in [0.2, 0.25) is 0 Å². The van der Waals surface area contributed by atoms with Crippen molar-refractivity contribution in [1.82, 2.24) is 9.55 Å². The minimum Gasteiger partial charge on any atom is -0.456 e. The van der Waals surface area contributed by atoms with E-state index in [0.717, 1.165) is 61.1 Å². The normalized spacial score (nSPS) is 12.6. The van der Waals surface area contributed by atoms with Crippen molar-refractivity contribution in [2.75, 3.05) is 0 Å². The molecule has 0 saturated heterocycles. The van der Waals surface area contributed by atoms with Crippen LogP contribution in [0.2, 0.25) is 19.6 Å². The minimum absolute atomic E-state index is 0.252. The van der Waals surface area contributed by atoms with Gasteiger partial charge in [0.25, 0.3) is 0 Å². The summed E-state index contributed by atoms with van der Waals surface area (Å²) in [6, 6.07) is 41.3. The third-order valence-electron chi connectivity index (χ3n) is 10.5. The number of nitrogens with zero attached hydrogens (tertiary/aromatic N) is 2. The van der Waals surface area contributed by atoms with Crippen LogP contribution >= 0.6 is 0 Å². The van der Waals surface area contributed by atoms with Crippen LogP contribution in [-0.4, -0.2) is 17.6 Å². The molecular weight excluding hydrogens is 641 g/mol. The number of benzene rings is 6. The van der Waals surface area contributed by atoms with Crippen molar-refractivity contribution in [3.63, 3.8) is 0 Å². The Morgan fingerprint density at radius 1 is 0.588 bits per heavy atom. The fourth-order valence-electron chi connectivity index (χ4n) is 7.95. The average Bonchev–Trinajstić information content (AvgIpc) is 3.81. The number of furan rings is 2. The molecule has 0 spiro atoms. The molecule has 0 radical (unpaired) electrons. The second-order valence-corrected chi connectivity index (χ2v) is 20.6. The molecular formula is C46H42N2O2Si. The van der Waals surface area contributed by atoms with Crippen LogP contribution in [0.1, 0.15) is 50.7 Å². The van der Waals surface area contributed by atoms with E-state index in [1.807, 2.05) is 12.1 Å². The van der Waals surface area contributed by atoms with Gasteiger partial charge in [0.15, 0.2) is 0 Å². The first kappa shape index (κ1) is 31.6. The molecule has 0 bridgehead atoms. The highest BCUT2D eigenvalue weighted by molar-refractivity contribution is 6.90. The van der Waals surface area contributed by atoms with Gasteiger partial charge in [-0.25, -0.2) is 4.98 Å². The maximum absolute atomic E-state index is 6.81. The van der Waals surface area contributed by atoms with Crippen molar-refractivity contribution in [2.45, 2.75) is 59.2 Å². The number of hydrogen-bond donors (Lipinski definition) is 0. The maximum Gasteiger partial charge on any atom is 0.149 e. The molecule has 0 atom stereocenters. The summed E-state index contributed by atoms with van der Waals surface area (Å²) in [5, 5.41) is 6.10. The quantitative estimate of drug-likeness (QED) is 0.164. The number of imidazole rings is 1. The molecule has 0 amide bonds. The van der Waals surface area contributed by atoms with E-state index >= 15 is 0 Å². The minimum atomic E-state index is -1.72. The van der Waals surface area contributed by atoms with Crippen LogP contribution in [0.15, 0.2) is 124 Å². The topological polar surface area (TPSA) is 44.1 Å². The van der Waals surface area contributed by atoms with E-state index in [2.05, 4.69) is 155 Å². The first-order chi connectivity index (χ1) is 24.6. The molecule has 4 nitrogen and oxygen atoms in total. The van der Waals surface area contributed by atoms with Gasteiger partial charge in [0.05, 0.1) is 30.4 Å². The van der Waals surface area contributed by atoms with Crippen molar-refractivity contribution in [3.8, 4) is 28.2 Å². The summed E-state index contributed by atoms with van der Waals surface area (Å²) in [6.45, 7) is 16.4. The molecule has 0 aliphatic rings. The Labute approximate surface area is 299 Å². The van der Waals surface area contributed by atoms with Crippen molar-refractivity contribution in [3.05, 3.63) is 126 Å². The summed E-state index contributed by atoms with van der Waals surface area (Å²) in [5.41, 5.74) is 12.8. The maximum atomic E-state index is 6.81. The largest absolute Gasteiger partial charge is 0.456 e. The van der Waals surface area contributed by atoms with Crippen LogP contribution in [0.3, 0.4) is 0 Å². The number of para-hydroxylation sites is 4. The highest BCUT2D eigenvalue weighted by Crippen LogP contribution is 2.43. The molecule has 6 aromatic carbocycles. The van der Waals surface area contributed by atoms with Gasteiger partial charge in [-0.2, -0.15) is 0 Å². The van der Waals surface area contributed by atoms with Crippen LogP contribution in [0.4, 0.5) is 0 Å². The van der Waals surface area contributed by atoms with Crippen LogP contribution in [0.5, 0.6) is 0 Å². The zero-order valence-electron chi connectivity index (χ0n) is 30.3. The van der Waals surface area contributed by atoms with Crippen molar-refractivity contribution in [2.24, 2.45) is 0 Å². The Balaban J connectivity index is 1.33. The summed E-state index contributed by atoms with van der Waals surface area (Å²) in [5.74, 6) is 1.41. The highest BCUT2D eigenvalue weighted by atomic mass is 28.3. The predicted octanol–water partition coefficient (Wildman–Crippen LogP) is 13.0. The standard InChI is InChI=1S/C46H42N2O2Si/c1-27(2)35-24-30(29-20-21-32-31-14-8-12-18-39(31)49-41(32)26-29)25-36(28(3)4)44(35)48-38-17-11-10-16-37(38)47-46(48)34-22-23-42(51(5,6)7)43-33-15-9-13-19-40(33)50-45(34)43/h8-28H,1-7H3. The Morgan fingerprint density at radius 3 is 1.92 bits per heavy atom. The Kier molecular flexibility index (Phi) is 7.17.